The number of benzene rings is 1. The van der Waals surface area contributed by atoms with Crippen LogP contribution < -0.4 is 10.2 Å². The lowest BCUT2D eigenvalue weighted by molar-refractivity contribution is -0.126. The standard InChI is InChI=1S/C23H35FN2O2/c1-2-3-4-5-9-12-22(27)26(21-15-13-20(24)14-16-21)18-17-25-23(28)19-10-7-6-8-11-19/h13-16,19H,2-12,17-18H2,1H3,(H,25,28). The first kappa shape index (κ1) is 22.4. The third kappa shape index (κ3) is 7.61. The molecule has 156 valence electrons. The van der Waals surface area contributed by atoms with Gasteiger partial charge in [0.25, 0.3) is 0 Å². The molecule has 0 bridgehead atoms. The van der Waals surface area contributed by atoms with E-state index < -0.39 is 0 Å². The van der Waals surface area contributed by atoms with Crippen molar-refractivity contribution in [1.82, 2.24) is 5.32 Å². The molecule has 1 aliphatic rings. The summed E-state index contributed by atoms with van der Waals surface area (Å²) in [6.45, 7) is 3.01. The van der Waals surface area contributed by atoms with Crippen molar-refractivity contribution in [3.8, 4) is 0 Å². The number of rotatable bonds is 11. The molecule has 1 aromatic carbocycles. The van der Waals surface area contributed by atoms with Gasteiger partial charge < -0.3 is 10.2 Å². The van der Waals surface area contributed by atoms with E-state index in [9.17, 15) is 14.0 Å². The zero-order valence-corrected chi connectivity index (χ0v) is 17.2. The number of carbonyl (C=O) groups excluding carboxylic acids is 2. The number of hydrogen-bond donors (Lipinski definition) is 1. The van der Waals surface area contributed by atoms with Gasteiger partial charge in [-0.3, -0.25) is 9.59 Å². The fraction of sp³-hybridized carbons (Fsp3) is 0.652. The van der Waals surface area contributed by atoms with Gasteiger partial charge in [-0.25, -0.2) is 4.39 Å². The Kier molecular flexibility index (Phi) is 10.0. The Morgan fingerprint density at radius 3 is 2.39 bits per heavy atom. The highest BCUT2D eigenvalue weighted by Gasteiger charge is 2.21. The van der Waals surface area contributed by atoms with E-state index in [2.05, 4.69) is 12.2 Å². The topological polar surface area (TPSA) is 49.4 Å². The summed E-state index contributed by atoms with van der Waals surface area (Å²) in [5, 5.41) is 3.00. The molecular weight excluding hydrogens is 355 g/mol. The zero-order chi connectivity index (χ0) is 20.2. The van der Waals surface area contributed by atoms with Crippen LogP contribution in [0.5, 0.6) is 0 Å². The van der Waals surface area contributed by atoms with Crippen LogP contribution in [-0.2, 0) is 9.59 Å². The lowest BCUT2D eigenvalue weighted by Gasteiger charge is -2.25. The molecule has 2 rings (SSSR count). The maximum absolute atomic E-state index is 13.3. The molecule has 4 nitrogen and oxygen atoms in total. The van der Waals surface area contributed by atoms with Gasteiger partial charge in [-0.05, 0) is 43.5 Å². The summed E-state index contributed by atoms with van der Waals surface area (Å²) in [7, 11) is 0. The van der Waals surface area contributed by atoms with Gasteiger partial charge >= 0.3 is 0 Å². The van der Waals surface area contributed by atoms with Crippen LogP contribution >= 0.6 is 0 Å². The molecule has 0 heterocycles. The molecule has 0 atom stereocenters. The van der Waals surface area contributed by atoms with Gasteiger partial charge in [-0.2, -0.15) is 0 Å². The number of nitrogens with one attached hydrogen (secondary N) is 1. The lowest BCUT2D eigenvalue weighted by Crippen LogP contribution is -2.40. The first-order valence-corrected chi connectivity index (χ1v) is 11.0. The smallest absolute Gasteiger partial charge is 0.227 e. The molecule has 0 aromatic heterocycles. The summed E-state index contributed by atoms with van der Waals surface area (Å²) in [6.07, 6.45) is 11.3. The quantitative estimate of drug-likeness (QED) is 0.527. The molecule has 1 saturated carbocycles. The molecule has 28 heavy (non-hydrogen) atoms. The highest BCUT2D eigenvalue weighted by Crippen LogP contribution is 2.23. The van der Waals surface area contributed by atoms with Gasteiger partial charge in [0.15, 0.2) is 0 Å². The van der Waals surface area contributed by atoms with Gasteiger partial charge in [0.05, 0.1) is 0 Å². The Bertz CT molecular complexity index is 597. The van der Waals surface area contributed by atoms with Crippen LogP contribution in [0.4, 0.5) is 10.1 Å². The van der Waals surface area contributed by atoms with E-state index in [1.54, 1.807) is 17.0 Å². The van der Waals surface area contributed by atoms with Crippen LogP contribution in [0.1, 0.15) is 77.6 Å². The molecule has 1 aromatic rings. The Balaban J connectivity index is 1.87. The molecule has 0 aliphatic heterocycles. The summed E-state index contributed by atoms with van der Waals surface area (Å²) in [4.78, 5) is 26.8. The average Bonchev–Trinajstić information content (AvgIpc) is 2.72. The molecule has 1 N–H and O–H groups in total. The molecule has 0 unspecified atom stereocenters. The number of amides is 2. The molecular formula is C23H35FN2O2. The average molecular weight is 391 g/mol. The predicted octanol–water partition coefficient (Wildman–Crippen LogP) is 5.22. The van der Waals surface area contributed by atoms with E-state index in [1.165, 1.54) is 31.4 Å². The zero-order valence-electron chi connectivity index (χ0n) is 17.2. The van der Waals surface area contributed by atoms with Gasteiger partial charge in [0.2, 0.25) is 11.8 Å². The molecule has 0 radical (unpaired) electrons. The summed E-state index contributed by atoms with van der Waals surface area (Å²) in [6, 6.07) is 6.01. The SMILES string of the molecule is CCCCCCCC(=O)N(CCNC(=O)C1CCCCC1)c1ccc(F)cc1. The predicted molar refractivity (Wildman–Crippen MR) is 112 cm³/mol. The largest absolute Gasteiger partial charge is 0.354 e. The molecule has 0 saturated heterocycles. The van der Waals surface area contributed by atoms with Crippen LogP contribution in [0.3, 0.4) is 0 Å². The number of carbonyl (C=O) groups is 2. The van der Waals surface area contributed by atoms with E-state index in [0.717, 1.165) is 44.9 Å². The van der Waals surface area contributed by atoms with E-state index in [-0.39, 0.29) is 23.5 Å². The van der Waals surface area contributed by atoms with Crippen molar-refractivity contribution < 1.29 is 14.0 Å². The molecule has 0 spiro atoms. The summed E-state index contributed by atoms with van der Waals surface area (Å²) in [5.74, 6) is -0.0654. The highest BCUT2D eigenvalue weighted by molar-refractivity contribution is 5.93. The minimum atomic E-state index is -0.318. The molecule has 5 heteroatoms. The molecule has 1 aliphatic carbocycles. The first-order chi connectivity index (χ1) is 13.6. The van der Waals surface area contributed by atoms with Crippen LogP contribution in [0, 0.1) is 11.7 Å². The maximum atomic E-state index is 13.3. The summed E-state index contributed by atoms with van der Waals surface area (Å²) in [5.41, 5.74) is 0.687. The maximum Gasteiger partial charge on any atom is 0.227 e. The van der Waals surface area contributed by atoms with Crippen molar-refractivity contribution in [2.24, 2.45) is 5.92 Å². The fourth-order valence-electron chi connectivity index (χ4n) is 3.83. The normalized spacial score (nSPS) is 14.6. The Morgan fingerprint density at radius 2 is 1.71 bits per heavy atom. The van der Waals surface area contributed by atoms with E-state index in [4.69, 9.17) is 0 Å². The van der Waals surface area contributed by atoms with Crippen molar-refractivity contribution >= 4 is 17.5 Å². The van der Waals surface area contributed by atoms with E-state index >= 15 is 0 Å². The third-order valence-corrected chi connectivity index (χ3v) is 5.54. The van der Waals surface area contributed by atoms with Crippen LogP contribution in [0.25, 0.3) is 0 Å². The number of halogens is 1. The van der Waals surface area contributed by atoms with E-state index in [1.807, 2.05) is 0 Å². The molecule has 1 fully saturated rings. The van der Waals surface area contributed by atoms with Crippen molar-refractivity contribution in [2.45, 2.75) is 77.6 Å². The monoisotopic (exact) mass is 390 g/mol. The summed E-state index contributed by atoms with van der Waals surface area (Å²) >= 11 is 0. The second-order valence-corrected chi connectivity index (χ2v) is 7.81. The van der Waals surface area contributed by atoms with Crippen molar-refractivity contribution in [3.63, 3.8) is 0 Å². The first-order valence-electron chi connectivity index (χ1n) is 11.0. The highest BCUT2D eigenvalue weighted by atomic mass is 19.1. The van der Waals surface area contributed by atoms with Crippen LogP contribution in [0.15, 0.2) is 24.3 Å². The van der Waals surface area contributed by atoms with Gasteiger partial charge in [0, 0.05) is 31.1 Å². The van der Waals surface area contributed by atoms with Crippen molar-refractivity contribution in [3.05, 3.63) is 30.1 Å². The Labute approximate surface area is 168 Å². The number of unbranched alkanes of at least 4 members (excludes halogenated alkanes) is 4. The number of hydrogen-bond acceptors (Lipinski definition) is 2. The number of anilines is 1. The lowest BCUT2D eigenvalue weighted by atomic mass is 9.89. The Morgan fingerprint density at radius 1 is 1.04 bits per heavy atom. The van der Waals surface area contributed by atoms with Gasteiger partial charge in [-0.15, -0.1) is 0 Å². The molecule has 2 amide bonds. The third-order valence-electron chi connectivity index (χ3n) is 5.54. The van der Waals surface area contributed by atoms with Crippen molar-refractivity contribution in [2.75, 3.05) is 18.0 Å². The minimum absolute atomic E-state index is 0.0371. The van der Waals surface area contributed by atoms with E-state index in [0.29, 0.717) is 25.2 Å². The van der Waals surface area contributed by atoms with Crippen LogP contribution in [-0.4, -0.2) is 24.9 Å². The van der Waals surface area contributed by atoms with Gasteiger partial charge in [0.1, 0.15) is 5.82 Å². The number of nitrogens with zero attached hydrogens (tertiary/aromatic N) is 1. The van der Waals surface area contributed by atoms with Gasteiger partial charge in [-0.1, -0.05) is 51.9 Å². The van der Waals surface area contributed by atoms with Crippen LogP contribution in [0.2, 0.25) is 0 Å². The second-order valence-electron chi connectivity index (χ2n) is 7.81. The van der Waals surface area contributed by atoms with Crippen molar-refractivity contribution in [1.29, 1.82) is 0 Å². The fourth-order valence-corrected chi connectivity index (χ4v) is 3.83. The Hall–Kier alpha value is -1.91. The minimum Gasteiger partial charge on any atom is -0.354 e. The second kappa shape index (κ2) is 12.5. The summed E-state index contributed by atoms with van der Waals surface area (Å²) < 4.78 is 13.3.